The summed E-state index contributed by atoms with van der Waals surface area (Å²) < 4.78 is 7.60. The molecule has 0 spiro atoms. The third-order valence-corrected chi connectivity index (χ3v) is 7.65. The van der Waals surface area contributed by atoms with Crippen LogP contribution in [-0.4, -0.2) is 69.9 Å². The number of rotatable bonds is 8. The van der Waals surface area contributed by atoms with E-state index in [2.05, 4.69) is 98.4 Å². The number of imidazole rings is 1. The van der Waals surface area contributed by atoms with Gasteiger partial charge in [-0.25, -0.2) is 4.98 Å². The van der Waals surface area contributed by atoms with Crippen molar-refractivity contribution in [2.24, 2.45) is 0 Å². The molecule has 2 N–H and O–H groups in total. The molecule has 39 heavy (non-hydrogen) atoms. The number of piperidine rings is 1. The van der Waals surface area contributed by atoms with E-state index in [9.17, 15) is 0 Å². The highest BCUT2D eigenvalue weighted by molar-refractivity contribution is 5.86. The Morgan fingerprint density at radius 1 is 0.923 bits per heavy atom. The van der Waals surface area contributed by atoms with Crippen molar-refractivity contribution in [3.8, 4) is 0 Å². The third-order valence-electron chi connectivity index (χ3n) is 7.65. The molecule has 204 valence electrons. The summed E-state index contributed by atoms with van der Waals surface area (Å²) in [5, 5.41) is 7.17. The second-order valence-electron chi connectivity index (χ2n) is 10.8. The fourth-order valence-electron chi connectivity index (χ4n) is 5.42. The first-order valence-electron chi connectivity index (χ1n) is 14.1. The SMILES string of the molecule is CC(C)n1cnc2c(Nc3ccc(N4CCOCC4)cc3)nc(NC3CCN(Cc4ccccc4)CC3)nc21. The van der Waals surface area contributed by atoms with Gasteiger partial charge in [-0.3, -0.25) is 4.90 Å². The summed E-state index contributed by atoms with van der Waals surface area (Å²) in [5.74, 6) is 1.38. The standard InChI is InChI=1S/C30H38N8O/c1-22(2)38-21-31-27-28(32-24-8-10-26(11-9-24)37-16-18-39-19-17-37)34-30(35-29(27)38)33-25-12-14-36(15-13-25)20-23-6-4-3-5-7-23/h3-11,21-22,25H,12-20H2,1-2H3,(H2,32,33,34,35). The maximum absolute atomic E-state index is 5.49. The van der Waals surface area contributed by atoms with E-state index in [4.69, 9.17) is 14.7 Å². The number of nitrogens with one attached hydrogen (secondary N) is 2. The number of benzene rings is 2. The zero-order valence-corrected chi connectivity index (χ0v) is 22.9. The lowest BCUT2D eigenvalue weighted by Crippen LogP contribution is -2.39. The minimum atomic E-state index is 0.250. The fraction of sp³-hybridized carbons (Fsp3) is 0.433. The summed E-state index contributed by atoms with van der Waals surface area (Å²) in [4.78, 5) is 19.4. The van der Waals surface area contributed by atoms with Crippen LogP contribution in [0.3, 0.4) is 0 Å². The number of hydrogen-bond acceptors (Lipinski definition) is 8. The van der Waals surface area contributed by atoms with Gasteiger partial charge in [0, 0.05) is 56.2 Å². The van der Waals surface area contributed by atoms with Crippen LogP contribution in [0.25, 0.3) is 11.2 Å². The van der Waals surface area contributed by atoms with Gasteiger partial charge in [-0.15, -0.1) is 0 Å². The van der Waals surface area contributed by atoms with E-state index < -0.39 is 0 Å². The highest BCUT2D eigenvalue weighted by Crippen LogP contribution is 2.28. The zero-order valence-electron chi connectivity index (χ0n) is 22.9. The summed E-state index contributed by atoms with van der Waals surface area (Å²) in [6.45, 7) is 10.8. The van der Waals surface area contributed by atoms with Gasteiger partial charge in [0.05, 0.1) is 19.5 Å². The number of anilines is 4. The molecule has 2 aliphatic rings. The third kappa shape index (κ3) is 5.99. The lowest BCUT2D eigenvalue weighted by Gasteiger charge is -2.32. The Kier molecular flexibility index (Phi) is 7.60. The van der Waals surface area contributed by atoms with E-state index in [-0.39, 0.29) is 6.04 Å². The van der Waals surface area contributed by atoms with Gasteiger partial charge in [0.25, 0.3) is 0 Å². The summed E-state index contributed by atoms with van der Waals surface area (Å²) in [6, 6.07) is 19.8. The topological polar surface area (TPSA) is 83.4 Å². The van der Waals surface area contributed by atoms with Crippen molar-refractivity contribution in [2.75, 3.05) is 54.9 Å². The van der Waals surface area contributed by atoms with Crippen molar-refractivity contribution >= 4 is 34.3 Å². The normalized spacial score (nSPS) is 17.2. The average molecular weight is 527 g/mol. The smallest absolute Gasteiger partial charge is 0.227 e. The molecule has 0 bridgehead atoms. The molecule has 0 atom stereocenters. The summed E-state index contributed by atoms with van der Waals surface area (Å²) in [6.07, 6.45) is 3.98. The van der Waals surface area contributed by atoms with Crippen LogP contribution in [0.5, 0.6) is 0 Å². The first-order chi connectivity index (χ1) is 19.1. The van der Waals surface area contributed by atoms with Gasteiger partial charge in [-0.1, -0.05) is 30.3 Å². The van der Waals surface area contributed by atoms with Crippen LogP contribution in [-0.2, 0) is 11.3 Å². The lowest BCUT2D eigenvalue weighted by atomic mass is 10.0. The summed E-state index contributed by atoms with van der Waals surface area (Å²) in [7, 11) is 0. The lowest BCUT2D eigenvalue weighted by molar-refractivity contribution is 0.122. The highest BCUT2D eigenvalue weighted by Gasteiger charge is 2.22. The van der Waals surface area contributed by atoms with E-state index >= 15 is 0 Å². The Hall–Kier alpha value is -3.69. The quantitative estimate of drug-likeness (QED) is 0.330. The second-order valence-corrected chi connectivity index (χ2v) is 10.8. The number of ether oxygens (including phenoxy) is 1. The molecule has 2 aromatic heterocycles. The maximum atomic E-state index is 5.49. The number of likely N-dealkylation sites (tertiary alicyclic amines) is 1. The molecule has 4 aromatic rings. The Morgan fingerprint density at radius 2 is 1.67 bits per heavy atom. The van der Waals surface area contributed by atoms with Crippen molar-refractivity contribution in [1.82, 2.24) is 24.4 Å². The Bertz CT molecular complexity index is 1360. The molecular weight excluding hydrogens is 488 g/mol. The molecule has 9 nitrogen and oxygen atoms in total. The van der Waals surface area contributed by atoms with Gasteiger partial charge in [0.1, 0.15) is 0 Å². The molecule has 0 unspecified atom stereocenters. The van der Waals surface area contributed by atoms with Crippen LogP contribution in [0.2, 0.25) is 0 Å². The van der Waals surface area contributed by atoms with Crippen LogP contribution in [0.4, 0.5) is 23.1 Å². The van der Waals surface area contributed by atoms with E-state index in [1.807, 2.05) is 6.33 Å². The Labute approximate surface area is 230 Å². The minimum absolute atomic E-state index is 0.250. The average Bonchev–Trinajstić information content (AvgIpc) is 3.40. The van der Waals surface area contributed by atoms with Gasteiger partial charge in [-0.05, 0) is 56.5 Å². The van der Waals surface area contributed by atoms with E-state index in [0.29, 0.717) is 12.0 Å². The second kappa shape index (κ2) is 11.6. The predicted molar refractivity (Wildman–Crippen MR) is 157 cm³/mol. The van der Waals surface area contributed by atoms with Gasteiger partial charge in [0.2, 0.25) is 5.95 Å². The molecule has 6 rings (SSSR count). The molecule has 2 aliphatic heterocycles. The van der Waals surface area contributed by atoms with Crippen molar-refractivity contribution < 1.29 is 4.74 Å². The van der Waals surface area contributed by atoms with Crippen molar-refractivity contribution in [2.45, 2.75) is 45.3 Å². The van der Waals surface area contributed by atoms with Crippen LogP contribution in [0.15, 0.2) is 60.9 Å². The molecule has 0 saturated carbocycles. The first-order valence-corrected chi connectivity index (χ1v) is 14.1. The molecule has 0 aliphatic carbocycles. The van der Waals surface area contributed by atoms with Gasteiger partial charge >= 0.3 is 0 Å². The van der Waals surface area contributed by atoms with Crippen molar-refractivity contribution in [3.63, 3.8) is 0 Å². The minimum Gasteiger partial charge on any atom is -0.378 e. The number of fused-ring (bicyclic) bond motifs is 1. The number of morpholine rings is 1. The molecular formula is C30H38N8O. The molecule has 0 amide bonds. The van der Waals surface area contributed by atoms with Crippen LogP contribution < -0.4 is 15.5 Å². The molecule has 2 fully saturated rings. The predicted octanol–water partition coefficient (Wildman–Crippen LogP) is 5.06. The number of aromatic nitrogens is 4. The molecule has 9 heteroatoms. The van der Waals surface area contributed by atoms with E-state index in [0.717, 1.165) is 81.4 Å². The van der Waals surface area contributed by atoms with Crippen molar-refractivity contribution in [1.29, 1.82) is 0 Å². The molecule has 4 heterocycles. The Balaban J connectivity index is 1.17. The van der Waals surface area contributed by atoms with Gasteiger partial charge in [-0.2, -0.15) is 9.97 Å². The van der Waals surface area contributed by atoms with Gasteiger partial charge in [0.15, 0.2) is 17.0 Å². The Morgan fingerprint density at radius 3 is 2.38 bits per heavy atom. The van der Waals surface area contributed by atoms with Crippen molar-refractivity contribution in [3.05, 3.63) is 66.5 Å². The molecule has 2 saturated heterocycles. The fourth-order valence-corrected chi connectivity index (χ4v) is 5.42. The molecule has 0 radical (unpaired) electrons. The van der Waals surface area contributed by atoms with Crippen LogP contribution >= 0.6 is 0 Å². The number of hydrogen-bond donors (Lipinski definition) is 2. The molecule has 2 aromatic carbocycles. The van der Waals surface area contributed by atoms with Gasteiger partial charge < -0.3 is 24.8 Å². The summed E-state index contributed by atoms with van der Waals surface area (Å²) in [5.41, 5.74) is 5.18. The summed E-state index contributed by atoms with van der Waals surface area (Å²) >= 11 is 0. The first kappa shape index (κ1) is 25.6. The zero-order chi connectivity index (χ0) is 26.6. The van der Waals surface area contributed by atoms with Crippen LogP contribution in [0.1, 0.15) is 38.3 Å². The number of nitrogens with zero attached hydrogens (tertiary/aromatic N) is 6. The monoisotopic (exact) mass is 526 g/mol. The maximum Gasteiger partial charge on any atom is 0.227 e. The van der Waals surface area contributed by atoms with E-state index in [1.54, 1.807) is 0 Å². The highest BCUT2D eigenvalue weighted by atomic mass is 16.5. The van der Waals surface area contributed by atoms with Crippen LogP contribution in [0, 0.1) is 0 Å². The largest absolute Gasteiger partial charge is 0.378 e. The van der Waals surface area contributed by atoms with E-state index in [1.165, 1.54) is 11.3 Å².